The second-order valence-corrected chi connectivity index (χ2v) is 5.64. The molecule has 5 nitrogen and oxygen atoms in total. The van der Waals surface area contributed by atoms with Gasteiger partial charge in [-0.1, -0.05) is 18.5 Å². The van der Waals surface area contributed by atoms with E-state index in [4.69, 9.17) is 11.6 Å². The summed E-state index contributed by atoms with van der Waals surface area (Å²) in [5, 5.41) is 11.0. The normalized spacial score (nSPS) is 13.0. The molecular weight excluding hydrogens is 324 g/mol. The van der Waals surface area contributed by atoms with Crippen molar-refractivity contribution in [3.8, 4) is 0 Å². The van der Waals surface area contributed by atoms with Gasteiger partial charge in [0.15, 0.2) is 5.65 Å². The molecule has 1 aromatic carbocycles. The molecule has 0 saturated heterocycles. The molecule has 116 valence electrons. The molecule has 23 heavy (non-hydrogen) atoms. The number of hydrogen-bond donors (Lipinski definition) is 1. The number of aromatic amines is 1. The molecule has 1 N–H and O–H groups in total. The first-order chi connectivity index (χ1) is 11.1. The number of nitrogens with zero attached hydrogens (tertiary/aromatic N) is 4. The molecule has 8 heteroatoms. The van der Waals surface area contributed by atoms with Crippen LogP contribution in [0.4, 0.5) is 8.78 Å². The fraction of sp³-hybridized carbons (Fsp3) is 0.133. The fourth-order valence-electron chi connectivity index (χ4n) is 2.74. The Kier molecular flexibility index (Phi) is 3.05. The lowest BCUT2D eigenvalue weighted by Crippen LogP contribution is -2.08. The van der Waals surface area contributed by atoms with Gasteiger partial charge in [-0.15, -0.1) is 0 Å². The van der Waals surface area contributed by atoms with E-state index >= 15 is 0 Å². The van der Waals surface area contributed by atoms with E-state index in [2.05, 4.69) is 20.3 Å². The van der Waals surface area contributed by atoms with Crippen molar-refractivity contribution in [1.29, 1.82) is 0 Å². The van der Waals surface area contributed by atoms with E-state index in [1.807, 2.05) is 0 Å². The summed E-state index contributed by atoms with van der Waals surface area (Å²) in [6.45, 7) is 1.69. The van der Waals surface area contributed by atoms with E-state index in [-0.39, 0.29) is 16.1 Å². The lowest BCUT2D eigenvalue weighted by Gasteiger charge is -2.14. The number of benzene rings is 1. The van der Waals surface area contributed by atoms with E-state index in [9.17, 15) is 8.78 Å². The van der Waals surface area contributed by atoms with Gasteiger partial charge in [-0.2, -0.15) is 10.2 Å². The molecule has 1 atom stereocenters. The molecule has 3 aromatic heterocycles. The van der Waals surface area contributed by atoms with Crippen molar-refractivity contribution in [2.24, 2.45) is 0 Å². The highest BCUT2D eigenvalue weighted by Crippen LogP contribution is 2.32. The number of rotatable bonds is 2. The van der Waals surface area contributed by atoms with Crippen molar-refractivity contribution >= 4 is 28.2 Å². The van der Waals surface area contributed by atoms with Gasteiger partial charge < -0.3 is 0 Å². The Morgan fingerprint density at radius 3 is 2.91 bits per heavy atom. The van der Waals surface area contributed by atoms with Crippen LogP contribution in [0.1, 0.15) is 24.1 Å². The molecule has 0 saturated carbocycles. The van der Waals surface area contributed by atoms with Crippen LogP contribution in [0, 0.1) is 11.6 Å². The standard InChI is InChI=1S/C15H10ClF2N5/c1-7(11-6-19-13-3-2-12(16)22-23(11)13)14-9(17)4-10-8(15(14)18)5-20-21-10/h2-7H,1H3,(H,20,21). The van der Waals surface area contributed by atoms with Crippen LogP contribution in [0.3, 0.4) is 0 Å². The maximum atomic E-state index is 14.7. The highest BCUT2D eigenvalue weighted by molar-refractivity contribution is 6.29. The first-order valence-electron chi connectivity index (χ1n) is 6.87. The van der Waals surface area contributed by atoms with Gasteiger partial charge in [0.1, 0.15) is 16.8 Å². The van der Waals surface area contributed by atoms with Gasteiger partial charge in [0, 0.05) is 17.5 Å². The van der Waals surface area contributed by atoms with Gasteiger partial charge >= 0.3 is 0 Å². The Labute approximate surface area is 133 Å². The number of imidazole rings is 1. The molecule has 4 rings (SSSR count). The predicted octanol–water partition coefficient (Wildman–Crippen LogP) is 3.69. The summed E-state index contributed by atoms with van der Waals surface area (Å²) in [6, 6.07) is 4.54. The summed E-state index contributed by atoms with van der Waals surface area (Å²) in [6.07, 6.45) is 2.88. The molecule has 0 amide bonds. The summed E-state index contributed by atoms with van der Waals surface area (Å²) < 4.78 is 30.6. The Morgan fingerprint density at radius 1 is 1.26 bits per heavy atom. The van der Waals surface area contributed by atoms with Crippen LogP contribution in [0.25, 0.3) is 16.6 Å². The molecule has 0 aliphatic heterocycles. The molecule has 0 aliphatic carbocycles. The summed E-state index contributed by atoms with van der Waals surface area (Å²) in [4.78, 5) is 4.20. The molecule has 0 aliphatic rings. The zero-order chi connectivity index (χ0) is 16.1. The van der Waals surface area contributed by atoms with Crippen molar-refractivity contribution in [1.82, 2.24) is 24.8 Å². The van der Waals surface area contributed by atoms with Crippen LogP contribution >= 0.6 is 11.6 Å². The average Bonchev–Trinajstić information content (AvgIpc) is 3.13. The van der Waals surface area contributed by atoms with Gasteiger partial charge in [0.2, 0.25) is 0 Å². The largest absolute Gasteiger partial charge is 0.278 e. The summed E-state index contributed by atoms with van der Waals surface area (Å²) in [5.74, 6) is -1.89. The smallest absolute Gasteiger partial charge is 0.153 e. The SMILES string of the molecule is CC(c1c(F)cc2[nH]ncc2c1F)c1cnc2ccc(Cl)nn12. The molecule has 0 fully saturated rings. The highest BCUT2D eigenvalue weighted by atomic mass is 35.5. The van der Waals surface area contributed by atoms with Gasteiger partial charge in [0.25, 0.3) is 0 Å². The minimum absolute atomic E-state index is 0.0533. The van der Waals surface area contributed by atoms with E-state index < -0.39 is 17.6 Å². The van der Waals surface area contributed by atoms with Crippen LogP contribution in [0.5, 0.6) is 0 Å². The minimum Gasteiger partial charge on any atom is -0.278 e. The predicted molar refractivity (Wildman–Crippen MR) is 81.5 cm³/mol. The van der Waals surface area contributed by atoms with Gasteiger partial charge in [-0.05, 0) is 12.1 Å². The summed E-state index contributed by atoms with van der Waals surface area (Å²) in [5.41, 5.74) is 1.36. The quantitative estimate of drug-likeness (QED) is 0.608. The summed E-state index contributed by atoms with van der Waals surface area (Å²) in [7, 11) is 0. The monoisotopic (exact) mass is 333 g/mol. The Morgan fingerprint density at radius 2 is 2.09 bits per heavy atom. The maximum absolute atomic E-state index is 14.7. The van der Waals surface area contributed by atoms with Crippen LogP contribution < -0.4 is 0 Å². The molecule has 4 aromatic rings. The van der Waals surface area contributed by atoms with E-state index in [1.165, 1.54) is 16.8 Å². The van der Waals surface area contributed by atoms with Crippen LogP contribution in [-0.4, -0.2) is 24.8 Å². The second kappa shape index (κ2) is 4.99. The molecular formula is C15H10ClF2N5. The van der Waals surface area contributed by atoms with Crippen molar-refractivity contribution in [2.45, 2.75) is 12.8 Å². The number of fused-ring (bicyclic) bond motifs is 2. The third-order valence-corrected chi connectivity index (χ3v) is 4.10. The topological polar surface area (TPSA) is 58.9 Å². The van der Waals surface area contributed by atoms with Crippen molar-refractivity contribution in [3.63, 3.8) is 0 Å². The molecule has 1 unspecified atom stereocenters. The van der Waals surface area contributed by atoms with Crippen LogP contribution in [0.2, 0.25) is 5.15 Å². The van der Waals surface area contributed by atoms with Gasteiger partial charge in [0.05, 0.1) is 29.0 Å². The third-order valence-electron chi connectivity index (χ3n) is 3.90. The minimum atomic E-state index is -0.649. The molecule has 0 spiro atoms. The maximum Gasteiger partial charge on any atom is 0.153 e. The average molecular weight is 334 g/mol. The van der Waals surface area contributed by atoms with Crippen LogP contribution in [0.15, 0.2) is 30.6 Å². The molecule has 0 bridgehead atoms. The lowest BCUT2D eigenvalue weighted by molar-refractivity contribution is 0.551. The van der Waals surface area contributed by atoms with E-state index in [0.717, 1.165) is 0 Å². The van der Waals surface area contributed by atoms with Crippen molar-refractivity contribution in [3.05, 3.63) is 58.6 Å². The van der Waals surface area contributed by atoms with Crippen molar-refractivity contribution in [2.75, 3.05) is 0 Å². The third kappa shape index (κ3) is 2.08. The first kappa shape index (κ1) is 14.1. The Hall–Kier alpha value is -2.54. The second-order valence-electron chi connectivity index (χ2n) is 5.25. The van der Waals surface area contributed by atoms with E-state index in [0.29, 0.717) is 16.9 Å². The van der Waals surface area contributed by atoms with Crippen molar-refractivity contribution < 1.29 is 8.78 Å². The lowest BCUT2D eigenvalue weighted by atomic mass is 9.95. The number of hydrogen-bond acceptors (Lipinski definition) is 3. The van der Waals surface area contributed by atoms with Gasteiger partial charge in [-0.3, -0.25) is 5.10 Å². The number of halogens is 3. The van der Waals surface area contributed by atoms with Gasteiger partial charge in [-0.25, -0.2) is 18.3 Å². The van der Waals surface area contributed by atoms with E-state index in [1.54, 1.807) is 25.3 Å². The highest BCUT2D eigenvalue weighted by Gasteiger charge is 2.24. The fourth-order valence-corrected chi connectivity index (χ4v) is 2.88. The number of aromatic nitrogens is 5. The summed E-state index contributed by atoms with van der Waals surface area (Å²) >= 11 is 5.90. The molecule has 3 heterocycles. The molecule has 0 radical (unpaired) electrons. The van der Waals surface area contributed by atoms with Crippen LogP contribution in [-0.2, 0) is 0 Å². The zero-order valence-corrected chi connectivity index (χ0v) is 12.6. The number of H-pyrrole nitrogens is 1. The Bertz CT molecular complexity index is 1040. The Balaban J connectivity index is 1.94. The first-order valence-corrected chi connectivity index (χ1v) is 7.25. The number of nitrogens with one attached hydrogen (secondary N) is 1. The zero-order valence-electron chi connectivity index (χ0n) is 11.9.